The highest BCUT2D eigenvalue weighted by atomic mass is 127. The van der Waals surface area contributed by atoms with E-state index in [9.17, 15) is 9.59 Å². The van der Waals surface area contributed by atoms with Crippen LogP contribution in [0.15, 0.2) is 30.3 Å². The Hall–Kier alpha value is -1.63. The number of Topliss-reactive ketones (excluding diaryl/α,β-unsaturated/α-hetero) is 1. The lowest BCUT2D eigenvalue weighted by atomic mass is 10.1. The van der Waals surface area contributed by atoms with Gasteiger partial charge in [-0.2, -0.15) is 0 Å². The molecule has 1 aromatic carbocycles. The van der Waals surface area contributed by atoms with Gasteiger partial charge < -0.3 is 9.30 Å². The number of rotatable bonds is 5. The van der Waals surface area contributed by atoms with E-state index in [1.165, 1.54) is 12.8 Å². The number of aryl methyl sites for hydroxylation is 1. The van der Waals surface area contributed by atoms with Gasteiger partial charge in [-0.3, -0.25) is 4.79 Å². The third kappa shape index (κ3) is 3.49. The summed E-state index contributed by atoms with van der Waals surface area (Å²) in [6.45, 7) is 3.75. The Morgan fingerprint density at radius 1 is 1.26 bits per heavy atom. The molecule has 0 amide bonds. The summed E-state index contributed by atoms with van der Waals surface area (Å²) in [6, 6.07) is 9.55. The summed E-state index contributed by atoms with van der Waals surface area (Å²) < 4.78 is 8.35. The Labute approximate surface area is 149 Å². The standard InChI is InChI=1S/C18H18INO3/c1-11-8-16(12(2)20(11)15-6-7-15)17(21)10-23-18(22)13-4-3-5-14(19)9-13/h3-5,8-9,15H,6-7,10H2,1-2H3. The van der Waals surface area contributed by atoms with Crippen LogP contribution in [-0.2, 0) is 4.74 Å². The molecule has 1 fully saturated rings. The van der Waals surface area contributed by atoms with Gasteiger partial charge in [0.05, 0.1) is 5.56 Å². The summed E-state index contributed by atoms with van der Waals surface area (Å²) in [4.78, 5) is 24.4. The van der Waals surface area contributed by atoms with Crippen LogP contribution in [0, 0.1) is 17.4 Å². The molecule has 0 unspecified atom stereocenters. The predicted molar refractivity (Wildman–Crippen MR) is 95.9 cm³/mol. The Balaban J connectivity index is 1.68. The second kappa shape index (κ2) is 6.47. The first-order valence-corrected chi connectivity index (χ1v) is 8.69. The van der Waals surface area contributed by atoms with Gasteiger partial charge in [0.1, 0.15) is 0 Å². The third-order valence-corrected chi connectivity index (χ3v) is 4.76. The number of esters is 1. The van der Waals surface area contributed by atoms with Gasteiger partial charge in [-0.1, -0.05) is 6.07 Å². The van der Waals surface area contributed by atoms with Crippen LogP contribution in [0.3, 0.4) is 0 Å². The quantitative estimate of drug-likeness (QED) is 0.414. The number of ketones is 1. The molecule has 5 heteroatoms. The number of ether oxygens (including phenoxy) is 1. The van der Waals surface area contributed by atoms with Crippen LogP contribution in [0.4, 0.5) is 0 Å². The van der Waals surface area contributed by atoms with Crippen molar-refractivity contribution in [3.05, 3.63) is 56.4 Å². The molecule has 1 aliphatic rings. The van der Waals surface area contributed by atoms with Gasteiger partial charge in [0.2, 0.25) is 5.78 Å². The molecule has 1 heterocycles. The van der Waals surface area contributed by atoms with Crippen molar-refractivity contribution < 1.29 is 14.3 Å². The lowest BCUT2D eigenvalue weighted by Gasteiger charge is -2.08. The number of hydrogen-bond acceptors (Lipinski definition) is 3. The van der Waals surface area contributed by atoms with Crippen LogP contribution in [0.25, 0.3) is 0 Å². The van der Waals surface area contributed by atoms with E-state index in [2.05, 4.69) is 27.2 Å². The number of carbonyl (C=O) groups excluding carboxylic acids is 2. The number of benzene rings is 1. The van der Waals surface area contributed by atoms with Crippen molar-refractivity contribution in [3.8, 4) is 0 Å². The highest BCUT2D eigenvalue weighted by Crippen LogP contribution is 2.38. The SMILES string of the molecule is Cc1cc(C(=O)COC(=O)c2cccc(I)c2)c(C)n1C1CC1. The molecule has 120 valence electrons. The van der Waals surface area contributed by atoms with Crippen molar-refractivity contribution in [1.29, 1.82) is 0 Å². The number of halogens is 1. The minimum atomic E-state index is -0.465. The van der Waals surface area contributed by atoms with E-state index in [-0.39, 0.29) is 12.4 Å². The van der Waals surface area contributed by atoms with Gasteiger partial charge in [0, 0.05) is 26.6 Å². The summed E-state index contributed by atoms with van der Waals surface area (Å²) >= 11 is 2.14. The fourth-order valence-electron chi connectivity index (χ4n) is 2.86. The normalized spacial score (nSPS) is 13.9. The molecule has 0 spiro atoms. The topological polar surface area (TPSA) is 48.3 Å². The van der Waals surface area contributed by atoms with E-state index in [0.717, 1.165) is 15.0 Å². The molecule has 1 aliphatic carbocycles. The van der Waals surface area contributed by atoms with Gasteiger partial charge in [0.25, 0.3) is 0 Å². The van der Waals surface area contributed by atoms with Crippen LogP contribution in [0.1, 0.15) is 51.0 Å². The monoisotopic (exact) mass is 423 g/mol. The average molecular weight is 423 g/mol. The van der Waals surface area contributed by atoms with E-state index in [1.807, 2.05) is 26.0 Å². The smallest absolute Gasteiger partial charge is 0.338 e. The Morgan fingerprint density at radius 3 is 2.65 bits per heavy atom. The first-order chi connectivity index (χ1) is 11.0. The van der Waals surface area contributed by atoms with Gasteiger partial charge in [-0.15, -0.1) is 0 Å². The van der Waals surface area contributed by atoms with Crippen LogP contribution < -0.4 is 0 Å². The van der Waals surface area contributed by atoms with Crippen LogP contribution in [0.2, 0.25) is 0 Å². The number of hydrogen-bond donors (Lipinski definition) is 0. The summed E-state index contributed by atoms with van der Waals surface area (Å²) in [6.07, 6.45) is 2.34. The Morgan fingerprint density at radius 2 is 2.00 bits per heavy atom. The molecule has 3 rings (SSSR count). The average Bonchev–Trinajstić information content (AvgIpc) is 3.30. The minimum absolute atomic E-state index is 0.149. The van der Waals surface area contributed by atoms with Crippen LogP contribution >= 0.6 is 22.6 Å². The molecule has 0 radical (unpaired) electrons. The van der Waals surface area contributed by atoms with Gasteiger partial charge in [0.15, 0.2) is 6.61 Å². The van der Waals surface area contributed by atoms with Gasteiger partial charge >= 0.3 is 5.97 Å². The number of aromatic nitrogens is 1. The van der Waals surface area contributed by atoms with E-state index < -0.39 is 5.97 Å². The van der Waals surface area contributed by atoms with Crippen molar-refractivity contribution in [2.45, 2.75) is 32.7 Å². The van der Waals surface area contributed by atoms with Gasteiger partial charge in [-0.25, -0.2) is 4.79 Å². The van der Waals surface area contributed by atoms with Gasteiger partial charge in [-0.05, 0) is 73.5 Å². The molecule has 0 saturated heterocycles. The zero-order chi connectivity index (χ0) is 16.6. The fourth-order valence-corrected chi connectivity index (χ4v) is 3.40. The maximum Gasteiger partial charge on any atom is 0.338 e. The number of carbonyl (C=O) groups is 2. The lowest BCUT2D eigenvalue weighted by molar-refractivity contribution is 0.0474. The number of nitrogens with zero attached hydrogens (tertiary/aromatic N) is 1. The first kappa shape index (κ1) is 16.2. The van der Waals surface area contributed by atoms with Crippen LogP contribution in [-0.4, -0.2) is 22.9 Å². The molecule has 0 N–H and O–H groups in total. The molecular weight excluding hydrogens is 405 g/mol. The summed E-state index contributed by atoms with van der Waals surface area (Å²) in [5.41, 5.74) is 3.19. The summed E-state index contributed by atoms with van der Waals surface area (Å²) in [5.74, 6) is -0.614. The van der Waals surface area contributed by atoms with Crippen LogP contribution in [0.5, 0.6) is 0 Å². The zero-order valence-corrected chi connectivity index (χ0v) is 15.3. The van der Waals surface area contributed by atoms with Crippen molar-refractivity contribution in [2.24, 2.45) is 0 Å². The minimum Gasteiger partial charge on any atom is -0.454 e. The molecule has 23 heavy (non-hydrogen) atoms. The van der Waals surface area contributed by atoms with E-state index in [4.69, 9.17) is 4.74 Å². The summed E-state index contributed by atoms with van der Waals surface area (Å²) in [7, 11) is 0. The largest absolute Gasteiger partial charge is 0.454 e. The molecule has 0 bridgehead atoms. The molecule has 4 nitrogen and oxygen atoms in total. The molecule has 2 aromatic rings. The second-order valence-corrected chi connectivity index (χ2v) is 7.14. The molecular formula is C18H18INO3. The molecule has 0 aliphatic heterocycles. The third-order valence-electron chi connectivity index (χ3n) is 4.09. The maximum atomic E-state index is 12.4. The summed E-state index contributed by atoms with van der Waals surface area (Å²) in [5, 5.41) is 0. The lowest BCUT2D eigenvalue weighted by Crippen LogP contribution is -2.15. The highest BCUT2D eigenvalue weighted by Gasteiger charge is 2.28. The van der Waals surface area contributed by atoms with Crippen molar-refractivity contribution in [3.63, 3.8) is 0 Å². The highest BCUT2D eigenvalue weighted by molar-refractivity contribution is 14.1. The zero-order valence-electron chi connectivity index (χ0n) is 13.1. The van der Waals surface area contributed by atoms with E-state index in [0.29, 0.717) is 17.2 Å². The van der Waals surface area contributed by atoms with Crippen molar-refractivity contribution in [2.75, 3.05) is 6.61 Å². The van der Waals surface area contributed by atoms with E-state index in [1.54, 1.807) is 18.2 Å². The molecule has 1 saturated carbocycles. The van der Waals surface area contributed by atoms with Crippen molar-refractivity contribution >= 4 is 34.3 Å². The van der Waals surface area contributed by atoms with Crippen molar-refractivity contribution in [1.82, 2.24) is 4.57 Å². The van der Waals surface area contributed by atoms with E-state index >= 15 is 0 Å². The first-order valence-electron chi connectivity index (χ1n) is 7.61. The Kier molecular flexibility index (Phi) is 4.57. The maximum absolute atomic E-state index is 12.4. The Bertz CT molecular complexity index is 775. The molecule has 1 aromatic heterocycles. The second-order valence-electron chi connectivity index (χ2n) is 5.90. The molecule has 0 atom stereocenters. The predicted octanol–water partition coefficient (Wildman–Crippen LogP) is 4.08. The fraction of sp³-hybridized carbons (Fsp3) is 0.333.